The van der Waals surface area contributed by atoms with Crippen molar-refractivity contribution in [3.63, 3.8) is 0 Å². The third-order valence-corrected chi connectivity index (χ3v) is 4.07. The van der Waals surface area contributed by atoms with Crippen molar-refractivity contribution in [3.05, 3.63) is 76.7 Å². The summed E-state index contributed by atoms with van der Waals surface area (Å²) in [6.45, 7) is 0.0574. The normalized spacial score (nSPS) is 10.9. The molecule has 0 aliphatic heterocycles. The maximum atomic E-state index is 12.6. The zero-order chi connectivity index (χ0) is 18.1. The summed E-state index contributed by atoms with van der Waals surface area (Å²) in [6, 6.07) is 13.5. The first-order valence-electron chi connectivity index (χ1n) is 7.85. The SMILES string of the molecule is O=C(Cn1cnc(-c2ccc([N+](=O)[O-])cc2)n1)c1c[nH]c2ccccc12. The van der Waals surface area contributed by atoms with E-state index < -0.39 is 4.92 Å². The van der Waals surface area contributed by atoms with Gasteiger partial charge in [0.15, 0.2) is 11.6 Å². The molecule has 26 heavy (non-hydrogen) atoms. The van der Waals surface area contributed by atoms with E-state index in [-0.39, 0.29) is 18.0 Å². The van der Waals surface area contributed by atoms with E-state index in [0.717, 1.165) is 10.9 Å². The van der Waals surface area contributed by atoms with Gasteiger partial charge in [0.2, 0.25) is 0 Å². The molecule has 4 rings (SSSR count). The summed E-state index contributed by atoms with van der Waals surface area (Å²) in [5.74, 6) is 0.328. The lowest BCUT2D eigenvalue weighted by Gasteiger charge is -2.00. The fourth-order valence-electron chi connectivity index (χ4n) is 2.77. The van der Waals surface area contributed by atoms with E-state index in [1.54, 1.807) is 18.3 Å². The minimum Gasteiger partial charge on any atom is -0.360 e. The number of carbonyl (C=O) groups excluding carboxylic acids is 1. The Morgan fingerprint density at radius 3 is 2.69 bits per heavy atom. The van der Waals surface area contributed by atoms with Gasteiger partial charge in [0.05, 0.1) is 4.92 Å². The highest BCUT2D eigenvalue weighted by Gasteiger charge is 2.14. The van der Waals surface area contributed by atoms with Gasteiger partial charge in [-0.25, -0.2) is 9.67 Å². The maximum absolute atomic E-state index is 12.6. The monoisotopic (exact) mass is 347 g/mol. The molecule has 0 saturated heterocycles. The average Bonchev–Trinajstić information content (AvgIpc) is 3.28. The Hall–Kier alpha value is -3.81. The molecule has 2 aromatic carbocycles. The lowest BCUT2D eigenvalue weighted by atomic mass is 10.1. The summed E-state index contributed by atoms with van der Waals surface area (Å²) in [4.78, 5) is 30.1. The fraction of sp³-hybridized carbons (Fsp3) is 0.0556. The number of para-hydroxylation sites is 1. The van der Waals surface area contributed by atoms with E-state index >= 15 is 0 Å². The van der Waals surface area contributed by atoms with Gasteiger partial charge in [0.1, 0.15) is 12.9 Å². The van der Waals surface area contributed by atoms with Crippen molar-refractivity contribution >= 4 is 22.4 Å². The second-order valence-electron chi connectivity index (χ2n) is 5.74. The number of aromatic amines is 1. The number of hydrogen-bond acceptors (Lipinski definition) is 5. The number of nitro benzene ring substituents is 1. The molecule has 4 aromatic rings. The van der Waals surface area contributed by atoms with E-state index in [4.69, 9.17) is 0 Å². The summed E-state index contributed by atoms with van der Waals surface area (Å²) < 4.78 is 1.46. The molecule has 2 aromatic heterocycles. The molecule has 0 amide bonds. The van der Waals surface area contributed by atoms with Gasteiger partial charge in [0, 0.05) is 40.4 Å². The summed E-state index contributed by atoms with van der Waals surface area (Å²) in [7, 11) is 0. The number of hydrogen-bond donors (Lipinski definition) is 1. The smallest absolute Gasteiger partial charge is 0.269 e. The predicted octanol–water partition coefficient (Wildman–Crippen LogP) is 3.22. The largest absolute Gasteiger partial charge is 0.360 e. The van der Waals surface area contributed by atoms with Crippen LogP contribution in [0.15, 0.2) is 61.1 Å². The van der Waals surface area contributed by atoms with Crippen LogP contribution < -0.4 is 0 Å². The first-order valence-corrected chi connectivity index (χ1v) is 7.85. The van der Waals surface area contributed by atoms with Crippen molar-refractivity contribution in [2.75, 3.05) is 0 Å². The van der Waals surface area contributed by atoms with Crippen molar-refractivity contribution in [2.45, 2.75) is 6.54 Å². The number of nitrogens with zero attached hydrogens (tertiary/aromatic N) is 4. The fourth-order valence-corrected chi connectivity index (χ4v) is 2.77. The molecule has 128 valence electrons. The van der Waals surface area contributed by atoms with Gasteiger partial charge in [-0.3, -0.25) is 14.9 Å². The van der Waals surface area contributed by atoms with Gasteiger partial charge < -0.3 is 4.98 Å². The topological polar surface area (TPSA) is 107 Å². The Labute approximate surface area is 147 Å². The summed E-state index contributed by atoms with van der Waals surface area (Å²) in [5.41, 5.74) is 2.16. The third kappa shape index (κ3) is 2.84. The van der Waals surface area contributed by atoms with Crippen LogP contribution in [0.5, 0.6) is 0 Å². The molecular formula is C18H13N5O3. The number of benzene rings is 2. The molecule has 0 unspecified atom stereocenters. The van der Waals surface area contributed by atoms with Crippen molar-refractivity contribution in [1.82, 2.24) is 19.7 Å². The number of non-ortho nitro benzene ring substituents is 1. The zero-order valence-corrected chi connectivity index (χ0v) is 13.5. The second kappa shape index (κ2) is 6.25. The summed E-state index contributed by atoms with van der Waals surface area (Å²) >= 11 is 0. The van der Waals surface area contributed by atoms with Gasteiger partial charge in [-0.15, -0.1) is 0 Å². The van der Waals surface area contributed by atoms with Crippen LogP contribution in [0.1, 0.15) is 10.4 Å². The minimum absolute atomic E-state index is 0.00250. The van der Waals surface area contributed by atoms with Crippen LogP contribution >= 0.6 is 0 Å². The van der Waals surface area contributed by atoms with Crippen LogP contribution in [0.2, 0.25) is 0 Å². The molecule has 0 spiro atoms. The van der Waals surface area contributed by atoms with Gasteiger partial charge in [-0.2, -0.15) is 5.10 Å². The number of fused-ring (bicyclic) bond motifs is 1. The van der Waals surface area contributed by atoms with E-state index in [2.05, 4.69) is 15.1 Å². The molecule has 2 heterocycles. The van der Waals surface area contributed by atoms with E-state index in [9.17, 15) is 14.9 Å². The van der Waals surface area contributed by atoms with Gasteiger partial charge in [0.25, 0.3) is 5.69 Å². The molecule has 0 atom stereocenters. The van der Waals surface area contributed by atoms with Crippen LogP contribution in [0.4, 0.5) is 5.69 Å². The lowest BCUT2D eigenvalue weighted by Crippen LogP contribution is -2.10. The molecule has 0 radical (unpaired) electrons. The number of nitrogens with one attached hydrogen (secondary N) is 1. The van der Waals surface area contributed by atoms with Crippen molar-refractivity contribution in [1.29, 1.82) is 0 Å². The Balaban J connectivity index is 1.54. The Morgan fingerprint density at radius 2 is 1.92 bits per heavy atom. The Kier molecular flexibility index (Phi) is 3.77. The molecule has 1 N–H and O–H groups in total. The number of Topliss-reactive ketones (excluding diaryl/α,β-unsaturated/α-hetero) is 1. The standard InChI is InChI=1S/C18H13N5O3/c24-17(15-9-19-16-4-2-1-3-14(15)16)10-22-11-20-18(21-22)12-5-7-13(8-6-12)23(25)26/h1-9,11,19H,10H2. The number of aromatic nitrogens is 4. The lowest BCUT2D eigenvalue weighted by molar-refractivity contribution is -0.384. The highest BCUT2D eigenvalue weighted by molar-refractivity contribution is 6.07. The quantitative estimate of drug-likeness (QED) is 0.339. The number of carbonyl (C=O) groups is 1. The summed E-state index contributed by atoms with van der Waals surface area (Å²) in [6.07, 6.45) is 3.17. The van der Waals surface area contributed by atoms with Crippen LogP contribution in [-0.2, 0) is 6.54 Å². The van der Waals surface area contributed by atoms with Crippen molar-refractivity contribution in [2.24, 2.45) is 0 Å². The zero-order valence-electron chi connectivity index (χ0n) is 13.5. The molecule has 8 heteroatoms. The van der Waals surface area contributed by atoms with Gasteiger partial charge in [-0.05, 0) is 18.2 Å². The van der Waals surface area contributed by atoms with Crippen LogP contribution in [-0.4, -0.2) is 30.5 Å². The number of nitro groups is 1. The number of H-pyrrole nitrogens is 1. The van der Waals surface area contributed by atoms with Crippen LogP contribution in [0.25, 0.3) is 22.3 Å². The first kappa shape index (κ1) is 15.7. The maximum Gasteiger partial charge on any atom is 0.269 e. The molecule has 0 saturated carbocycles. The van der Waals surface area contributed by atoms with E-state index in [1.165, 1.54) is 23.1 Å². The summed E-state index contributed by atoms with van der Waals surface area (Å²) in [5, 5.41) is 15.9. The molecule has 0 aliphatic rings. The highest BCUT2D eigenvalue weighted by atomic mass is 16.6. The number of rotatable bonds is 5. The predicted molar refractivity (Wildman–Crippen MR) is 94.7 cm³/mol. The highest BCUT2D eigenvalue weighted by Crippen LogP contribution is 2.20. The van der Waals surface area contributed by atoms with Crippen molar-refractivity contribution in [3.8, 4) is 11.4 Å². The molecule has 0 aliphatic carbocycles. The Morgan fingerprint density at radius 1 is 1.15 bits per heavy atom. The average molecular weight is 347 g/mol. The van der Waals surface area contributed by atoms with E-state index in [1.807, 2.05) is 24.3 Å². The third-order valence-electron chi connectivity index (χ3n) is 4.07. The van der Waals surface area contributed by atoms with E-state index in [0.29, 0.717) is 17.0 Å². The molecule has 0 fully saturated rings. The first-order chi connectivity index (χ1) is 12.6. The van der Waals surface area contributed by atoms with Crippen molar-refractivity contribution < 1.29 is 9.72 Å². The van der Waals surface area contributed by atoms with Crippen LogP contribution in [0, 0.1) is 10.1 Å². The molecule has 0 bridgehead atoms. The van der Waals surface area contributed by atoms with Gasteiger partial charge >= 0.3 is 0 Å². The number of ketones is 1. The minimum atomic E-state index is -0.463. The van der Waals surface area contributed by atoms with Gasteiger partial charge in [-0.1, -0.05) is 18.2 Å². The molecular weight excluding hydrogens is 334 g/mol. The molecule has 8 nitrogen and oxygen atoms in total. The Bertz CT molecular complexity index is 1110. The second-order valence-corrected chi connectivity index (χ2v) is 5.74. The van der Waals surface area contributed by atoms with Crippen LogP contribution in [0.3, 0.4) is 0 Å².